The third-order valence-electron chi connectivity index (χ3n) is 3.79. The number of rotatable bonds is 6. The third kappa shape index (κ3) is 3.51. The average molecular weight is 304 g/mol. The lowest BCUT2D eigenvalue weighted by molar-refractivity contribution is 0.266. The number of anilines is 2. The monoisotopic (exact) mass is 304 g/mol. The van der Waals surface area contributed by atoms with Gasteiger partial charge < -0.3 is 15.3 Å². The first kappa shape index (κ1) is 14.3. The zero-order valence-corrected chi connectivity index (χ0v) is 12.7. The molecule has 6 heteroatoms. The molecular formula is C15H20N4OS. The van der Waals surface area contributed by atoms with Gasteiger partial charge in [0.05, 0.1) is 12.6 Å². The highest BCUT2D eigenvalue weighted by molar-refractivity contribution is 7.09. The van der Waals surface area contributed by atoms with Crippen LogP contribution in [0, 0.1) is 0 Å². The molecule has 3 heterocycles. The Morgan fingerprint density at radius 1 is 1.43 bits per heavy atom. The summed E-state index contributed by atoms with van der Waals surface area (Å²) in [5.74, 6) is 1.75. The summed E-state index contributed by atoms with van der Waals surface area (Å²) < 4.78 is 0. The zero-order chi connectivity index (χ0) is 14.5. The van der Waals surface area contributed by atoms with Crippen molar-refractivity contribution in [3.05, 3.63) is 34.8 Å². The number of thiophene rings is 1. The summed E-state index contributed by atoms with van der Waals surface area (Å²) in [6, 6.07) is 6.39. The van der Waals surface area contributed by atoms with Crippen molar-refractivity contribution < 1.29 is 5.11 Å². The van der Waals surface area contributed by atoms with Gasteiger partial charge in [-0.05, 0) is 30.7 Å². The molecule has 5 nitrogen and oxygen atoms in total. The van der Waals surface area contributed by atoms with E-state index in [4.69, 9.17) is 0 Å². The molecule has 0 unspecified atom stereocenters. The number of aromatic nitrogens is 2. The van der Waals surface area contributed by atoms with Crippen molar-refractivity contribution in [3.63, 3.8) is 0 Å². The highest BCUT2D eigenvalue weighted by Gasteiger charge is 2.24. The summed E-state index contributed by atoms with van der Waals surface area (Å²) in [5, 5.41) is 14.9. The van der Waals surface area contributed by atoms with E-state index in [1.165, 1.54) is 4.88 Å². The zero-order valence-electron chi connectivity index (χ0n) is 11.9. The molecule has 1 aliphatic rings. The fourth-order valence-electron chi connectivity index (χ4n) is 2.70. The standard InChI is InChI=1S/C15H20N4OS/c20-10-12-3-1-7-19(12)15-9-14(17-11-18-15)16-6-5-13-4-2-8-21-13/h2,4,8-9,11-12,20H,1,3,5-7,10H2,(H,16,17,18)/t12-/m1/s1. The van der Waals surface area contributed by atoms with Crippen LogP contribution in [0.4, 0.5) is 11.6 Å². The number of aliphatic hydroxyl groups excluding tert-OH is 1. The van der Waals surface area contributed by atoms with Crippen LogP contribution in [-0.2, 0) is 6.42 Å². The Kier molecular flexibility index (Phi) is 4.67. The second-order valence-corrected chi connectivity index (χ2v) is 6.22. The van der Waals surface area contributed by atoms with Gasteiger partial charge in [-0.15, -0.1) is 11.3 Å². The van der Waals surface area contributed by atoms with Crippen LogP contribution in [0.5, 0.6) is 0 Å². The molecule has 21 heavy (non-hydrogen) atoms. The van der Waals surface area contributed by atoms with E-state index in [2.05, 4.69) is 37.7 Å². The molecule has 1 saturated heterocycles. The fraction of sp³-hybridized carbons (Fsp3) is 0.467. The van der Waals surface area contributed by atoms with Crippen LogP contribution in [-0.4, -0.2) is 40.8 Å². The van der Waals surface area contributed by atoms with Gasteiger partial charge in [0.25, 0.3) is 0 Å². The lowest BCUT2D eigenvalue weighted by Crippen LogP contribution is -2.32. The smallest absolute Gasteiger partial charge is 0.134 e. The van der Waals surface area contributed by atoms with E-state index in [9.17, 15) is 5.11 Å². The fourth-order valence-corrected chi connectivity index (χ4v) is 3.41. The molecular weight excluding hydrogens is 284 g/mol. The maximum absolute atomic E-state index is 9.41. The Hall–Kier alpha value is -1.66. The number of nitrogens with one attached hydrogen (secondary N) is 1. The normalized spacial score (nSPS) is 18.1. The quantitative estimate of drug-likeness (QED) is 0.856. The van der Waals surface area contributed by atoms with Gasteiger partial charge >= 0.3 is 0 Å². The molecule has 2 aromatic rings. The summed E-state index contributed by atoms with van der Waals surface area (Å²) in [5.41, 5.74) is 0. The van der Waals surface area contributed by atoms with Gasteiger partial charge in [-0.3, -0.25) is 0 Å². The molecule has 2 N–H and O–H groups in total. The molecule has 1 atom stereocenters. The molecule has 0 aliphatic carbocycles. The van der Waals surface area contributed by atoms with E-state index in [1.54, 1.807) is 17.7 Å². The van der Waals surface area contributed by atoms with Crippen LogP contribution >= 0.6 is 11.3 Å². The first-order chi connectivity index (χ1) is 10.4. The number of hydrogen-bond donors (Lipinski definition) is 2. The number of aliphatic hydroxyl groups is 1. The molecule has 0 saturated carbocycles. The molecule has 0 radical (unpaired) electrons. The Morgan fingerprint density at radius 2 is 2.38 bits per heavy atom. The van der Waals surface area contributed by atoms with E-state index in [-0.39, 0.29) is 12.6 Å². The van der Waals surface area contributed by atoms with E-state index < -0.39 is 0 Å². The van der Waals surface area contributed by atoms with Crippen molar-refractivity contribution in [2.45, 2.75) is 25.3 Å². The second-order valence-electron chi connectivity index (χ2n) is 5.19. The van der Waals surface area contributed by atoms with Crippen molar-refractivity contribution in [2.24, 2.45) is 0 Å². The summed E-state index contributed by atoms with van der Waals surface area (Å²) >= 11 is 1.78. The van der Waals surface area contributed by atoms with Crippen LogP contribution in [0.25, 0.3) is 0 Å². The number of nitrogens with zero attached hydrogens (tertiary/aromatic N) is 3. The van der Waals surface area contributed by atoms with E-state index >= 15 is 0 Å². The second kappa shape index (κ2) is 6.87. The summed E-state index contributed by atoms with van der Waals surface area (Å²) in [6.45, 7) is 2.00. The maximum atomic E-state index is 9.41. The molecule has 0 spiro atoms. The average Bonchev–Trinajstić information content (AvgIpc) is 3.18. The largest absolute Gasteiger partial charge is 0.394 e. The third-order valence-corrected chi connectivity index (χ3v) is 4.73. The predicted molar refractivity (Wildman–Crippen MR) is 86.0 cm³/mol. The molecule has 0 bridgehead atoms. The van der Waals surface area contributed by atoms with Crippen molar-refractivity contribution in [3.8, 4) is 0 Å². The molecule has 0 aromatic carbocycles. The van der Waals surface area contributed by atoms with E-state index in [1.807, 2.05) is 6.07 Å². The van der Waals surface area contributed by atoms with Crippen molar-refractivity contribution in [1.29, 1.82) is 0 Å². The van der Waals surface area contributed by atoms with Gasteiger partial charge in [-0.25, -0.2) is 9.97 Å². The van der Waals surface area contributed by atoms with E-state index in [0.717, 1.165) is 44.0 Å². The van der Waals surface area contributed by atoms with Gasteiger partial charge in [0.1, 0.15) is 18.0 Å². The van der Waals surface area contributed by atoms with Gasteiger partial charge in [-0.1, -0.05) is 6.07 Å². The Bertz CT molecular complexity index is 561. The van der Waals surface area contributed by atoms with E-state index in [0.29, 0.717) is 0 Å². The van der Waals surface area contributed by atoms with Crippen molar-refractivity contribution in [2.75, 3.05) is 29.9 Å². The Morgan fingerprint density at radius 3 is 3.19 bits per heavy atom. The first-order valence-electron chi connectivity index (χ1n) is 7.32. The van der Waals surface area contributed by atoms with Crippen molar-refractivity contribution in [1.82, 2.24) is 9.97 Å². The van der Waals surface area contributed by atoms with Gasteiger partial charge in [0, 0.05) is 24.0 Å². The van der Waals surface area contributed by atoms with Crippen LogP contribution in [0.1, 0.15) is 17.7 Å². The Labute approximate surface area is 128 Å². The summed E-state index contributed by atoms with van der Waals surface area (Å²) in [6.07, 6.45) is 4.73. The minimum atomic E-state index is 0.186. The molecule has 3 rings (SSSR count). The molecule has 0 amide bonds. The van der Waals surface area contributed by atoms with Crippen LogP contribution in [0.2, 0.25) is 0 Å². The van der Waals surface area contributed by atoms with Crippen LogP contribution < -0.4 is 10.2 Å². The molecule has 112 valence electrons. The highest BCUT2D eigenvalue weighted by Crippen LogP contribution is 2.24. The lowest BCUT2D eigenvalue weighted by atomic mass is 10.2. The SMILES string of the molecule is OC[C@H]1CCCN1c1cc(NCCc2cccs2)ncn1. The topological polar surface area (TPSA) is 61.3 Å². The minimum absolute atomic E-state index is 0.186. The van der Waals surface area contributed by atoms with Gasteiger partial charge in [-0.2, -0.15) is 0 Å². The molecule has 1 fully saturated rings. The molecule has 1 aliphatic heterocycles. The lowest BCUT2D eigenvalue weighted by Gasteiger charge is -2.24. The Balaban J connectivity index is 1.60. The van der Waals surface area contributed by atoms with Gasteiger partial charge in [0.15, 0.2) is 0 Å². The number of hydrogen-bond acceptors (Lipinski definition) is 6. The summed E-state index contributed by atoms with van der Waals surface area (Å²) in [4.78, 5) is 12.2. The predicted octanol–water partition coefficient (Wildman–Crippen LogP) is 2.15. The summed E-state index contributed by atoms with van der Waals surface area (Å²) in [7, 11) is 0. The molecule has 2 aromatic heterocycles. The van der Waals surface area contributed by atoms with Crippen LogP contribution in [0.3, 0.4) is 0 Å². The first-order valence-corrected chi connectivity index (χ1v) is 8.20. The maximum Gasteiger partial charge on any atom is 0.134 e. The highest BCUT2D eigenvalue weighted by atomic mass is 32.1. The minimum Gasteiger partial charge on any atom is -0.394 e. The van der Waals surface area contributed by atoms with Crippen LogP contribution in [0.15, 0.2) is 29.9 Å². The van der Waals surface area contributed by atoms with Crippen molar-refractivity contribution >= 4 is 23.0 Å². The van der Waals surface area contributed by atoms with Gasteiger partial charge in [0.2, 0.25) is 0 Å².